The van der Waals surface area contributed by atoms with E-state index in [0.717, 1.165) is 5.56 Å². The van der Waals surface area contributed by atoms with E-state index >= 15 is 0 Å². The maximum atomic E-state index is 9.56. The normalized spacial score (nSPS) is 10.6. The van der Waals surface area contributed by atoms with Crippen molar-refractivity contribution in [2.45, 2.75) is 6.42 Å². The number of rotatable bonds is 3. The predicted molar refractivity (Wildman–Crippen MR) is 77.6 cm³/mol. The highest BCUT2D eigenvalue weighted by Gasteiger charge is 2.11. The van der Waals surface area contributed by atoms with Crippen molar-refractivity contribution in [2.75, 3.05) is 23.8 Å². The van der Waals surface area contributed by atoms with Crippen LogP contribution >= 0.6 is 0 Å². The Morgan fingerprint density at radius 2 is 1.63 bits per heavy atom. The third-order valence-corrected chi connectivity index (χ3v) is 3.00. The van der Waals surface area contributed by atoms with Crippen LogP contribution < -0.4 is 17.2 Å². The molecule has 0 heterocycles. The maximum Gasteiger partial charge on any atom is 0.116 e. The summed E-state index contributed by atoms with van der Waals surface area (Å²) in [6, 6.07) is 8.22. The van der Waals surface area contributed by atoms with Crippen molar-refractivity contribution in [3.63, 3.8) is 0 Å². The number of nitrogens with two attached hydrogens (primary N) is 3. The van der Waals surface area contributed by atoms with Crippen molar-refractivity contribution < 1.29 is 10.2 Å². The van der Waals surface area contributed by atoms with Gasteiger partial charge in [0.05, 0.1) is 11.4 Å². The SMILES string of the molecule is Nc1ccc(O)cc1-c1cc(CCO)cc(N)c1N. The van der Waals surface area contributed by atoms with E-state index in [9.17, 15) is 5.11 Å². The standard InChI is InChI=1S/C14H17N3O2/c15-12-2-1-9(19)7-10(12)11-5-8(3-4-18)6-13(16)14(11)17/h1-2,5-7,18-19H,3-4,15-17H2. The van der Waals surface area contributed by atoms with Crippen LogP contribution in [0.15, 0.2) is 30.3 Å². The zero-order valence-corrected chi connectivity index (χ0v) is 10.4. The minimum Gasteiger partial charge on any atom is -0.508 e. The van der Waals surface area contributed by atoms with Crippen LogP contribution in [0.4, 0.5) is 17.1 Å². The van der Waals surface area contributed by atoms with Gasteiger partial charge in [0.25, 0.3) is 0 Å². The molecule has 0 fully saturated rings. The number of phenols is 1. The molecule has 0 radical (unpaired) electrons. The zero-order valence-electron chi connectivity index (χ0n) is 10.4. The van der Waals surface area contributed by atoms with Gasteiger partial charge in [0.1, 0.15) is 5.75 Å². The van der Waals surface area contributed by atoms with E-state index in [1.807, 2.05) is 6.07 Å². The van der Waals surface area contributed by atoms with Gasteiger partial charge in [-0.05, 0) is 42.3 Å². The van der Waals surface area contributed by atoms with Gasteiger partial charge in [0, 0.05) is 23.4 Å². The fourth-order valence-electron chi connectivity index (χ4n) is 2.01. The van der Waals surface area contributed by atoms with Gasteiger partial charge < -0.3 is 27.4 Å². The Labute approximate surface area is 111 Å². The summed E-state index contributed by atoms with van der Waals surface area (Å²) in [6.45, 7) is 0.0261. The number of benzene rings is 2. The van der Waals surface area contributed by atoms with Gasteiger partial charge in [-0.2, -0.15) is 0 Å². The number of hydrogen-bond acceptors (Lipinski definition) is 5. The predicted octanol–water partition coefficient (Wildman–Crippen LogP) is 1.34. The Hall–Kier alpha value is -2.40. The Kier molecular flexibility index (Phi) is 3.48. The Bertz CT molecular complexity index is 612. The number of hydrogen-bond donors (Lipinski definition) is 5. The van der Waals surface area contributed by atoms with Crippen LogP contribution in [0.1, 0.15) is 5.56 Å². The highest BCUT2D eigenvalue weighted by molar-refractivity contribution is 5.90. The summed E-state index contributed by atoms with van der Waals surface area (Å²) in [5.41, 5.74) is 21.3. The molecule has 100 valence electrons. The molecule has 0 aliphatic rings. The molecule has 2 aromatic carbocycles. The third-order valence-electron chi connectivity index (χ3n) is 3.00. The average Bonchev–Trinajstić information content (AvgIpc) is 2.37. The molecule has 0 saturated heterocycles. The molecule has 0 amide bonds. The van der Waals surface area contributed by atoms with Gasteiger partial charge in [0.2, 0.25) is 0 Å². The molecule has 19 heavy (non-hydrogen) atoms. The van der Waals surface area contributed by atoms with Gasteiger partial charge in [-0.15, -0.1) is 0 Å². The number of aliphatic hydroxyl groups is 1. The van der Waals surface area contributed by atoms with E-state index in [0.29, 0.717) is 34.6 Å². The van der Waals surface area contributed by atoms with Gasteiger partial charge in [-0.25, -0.2) is 0 Å². The molecule has 0 bridgehead atoms. The van der Waals surface area contributed by atoms with Crippen LogP contribution in [0.2, 0.25) is 0 Å². The molecule has 0 saturated carbocycles. The van der Waals surface area contributed by atoms with E-state index in [-0.39, 0.29) is 12.4 Å². The Morgan fingerprint density at radius 1 is 0.895 bits per heavy atom. The van der Waals surface area contributed by atoms with E-state index in [4.69, 9.17) is 22.3 Å². The molecule has 0 atom stereocenters. The molecular formula is C14H17N3O2. The maximum absolute atomic E-state index is 9.56. The van der Waals surface area contributed by atoms with Gasteiger partial charge >= 0.3 is 0 Å². The quantitative estimate of drug-likeness (QED) is 0.421. The van der Waals surface area contributed by atoms with Gasteiger partial charge in [0.15, 0.2) is 0 Å². The molecule has 0 unspecified atom stereocenters. The zero-order chi connectivity index (χ0) is 14.0. The van der Waals surface area contributed by atoms with Gasteiger partial charge in [-0.1, -0.05) is 0 Å². The minimum absolute atomic E-state index is 0.0261. The van der Waals surface area contributed by atoms with E-state index in [1.165, 1.54) is 6.07 Å². The molecule has 0 aliphatic heterocycles. The molecule has 0 spiro atoms. The molecule has 2 aromatic rings. The van der Waals surface area contributed by atoms with E-state index < -0.39 is 0 Å². The lowest BCUT2D eigenvalue weighted by atomic mass is 9.97. The second-order valence-electron chi connectivity index (χ2n) is 4.39. The highest BCUT2D eigenvalue weighted by Crippen LogP contribution is 2.36. The molecular weight excluding hydrogens is 242 g/mol. The summed E-state index contributed by atoms with van der Waals surface area (Å²) in [7, 11) is 0. The summed E-state index contributed by atoms with van der Waals surface area (Å²) >= 11 is 0. The molecule has 8 N–H and O–H groups in total. The minimum atomic E-state index is 0.0261. The van der Waals surface area contributed by atoms with Crippen molar-refractivity contribution >= 4 is 17.1 Å². The Balaban J connectivity index is 2.63. The first kappa shape index (κ1) is 13.0. The fourth-order valence-corrected chi connectivity index (χ4v) is 2.01. The lowest BCUT2D eigenvalue weighted by molar-refractivity contribution is 0.299. The lowest BCUT2D eigenvalue weighted by Crippen LogP contribution is -2.02. The first-order valence-corrected chi connectivity index (χ1v) is 5.90. The summed E-state index contributed by atoms with van der Waals surface area (Å²) < 4.78 is 0. The van der Waals surface area contributed by atoms with E-state index in [2.05, 4.69) is 0 Å². The number of anilines is 3. The second kappa shape index (κ2) is 5.07. The monoisotopic (exact) mass is 259 g/mol. The summed E-state index contributed by atoms with van der Waals surface area (Å²) in [5.74, 6) is 0.106. The van der Waals surface area contributed by atoms with Crippen LogP contribution in [0, 0.1) is 0 Å². The molecule has 5 heteroatoms. The number of aromatic hydroxyl groups is 1. The van der Waals surface area contributed by atoms with Crippen LogP contribution in [-0.2, 0) is 6.42 Å². The molecule has 2 rings (SSSR count). The largest absolute Gasteiger partial charge is 0.508 e. The first-order valence-electron chi connectivity index (χ1n) is 5.90. The number of aliphatic hydroxyl groups excluding tert-OH is 1. The molecule has 5 nitrogen and oxygen atoms in total. The van der Waals surface area contributed by atoms with Crippen molar-refractivity contribution in [2.24, 2.45) is 0 Å². The summed E-state index contributed by atoms with van der Waals surface area (Å²) in [5, 5.41) is 18.6. The number of nitrogen functional groups attached to an aromatic ring is 3. The summed E-state index contributed by atoms with van der Waals surface area (Å²) in [4.78, 5) is 0. The van der Waals surface area contributed by atoms with Crippen molar-refractivity contribution in [1.29, 1.82) is 0 Å². The Morgan fingerprint density at radius 3 is 2.32 bits per heavy atom. The lowest BCUT2D eigenvalue weighted by Gasteiger charge is -2.13. The number of phenolic OH excluding ortho intramolecular Hbond substituents is 1. The second-order valence-corrected chi connectivity index (χ2v) is 4.39. The van der Waals surface area contributed by atoms with Crippen LogP contribution in [0.25, 0.3) is 11.1 Å². The van der Waals surface area contributed by atoms with Crippen molar-refractivity contribution in [3.8, 4) is 16.9 Å². The van der Waals surface area contributed by atoms with Crippen LogP contribution in [0.3, 0.4) is 0 Å². The van der Waals surface area contributed by atoms with E-state index in [1.54, 1.807) is 18.2 Å². The summed E-state index contributed by atoms with van der Waals surface area (Å²) in [6.07, 6.45) is 0.482. The highest BCUT2D eigenvalue weighted by atomic mass is 16.3. The van der Waals surface area contributed by atoms with Crippen molar-refractivity contribution in [3.05, 3.63) is 35.9 Å². The third kappa shape index (κ3) is 2.56. The topological polar surface area (TPSA) is 119 Å². The van der Waals surface area contributed by atoms with Gasteiger partial charge in [-0.3, -0.25) is 0 Å². The van der Waals surface area contributed by atoms with Crippen LogP contribution in [0.5, 0.6) is 5.75 Å². The fraction of sp³-hybridized carbons (Fsp3) is 0.143. The van der Waals surface area contributed by atoms with Crippen LogP contribution in [-0.4, -0.2) is 16.8 Å². The first-order chi connectivity index (χ1) is 9.02. The van der Waals surface area contributed by atoms with Crippen molar-refractivity contribution in [1.82, 2.24) is 0 Å². The molecule has 0 aromatic heterocycles. The smallest absolute Gasteiger partial charge is 0.116 e. The molecule has 0 aliphatic carbocycles. The average molecular weight is 259 g/mol.